The van der Waals surface area contributed by atoms with Crippen LogP contribution in [0.5, 0.6) is 0 Å². The fourth-order valence-electron chi connectivity index (χ4n) is 2.27. The molecule has 0 fully saturated rings. The highest BCUT2D eigenvalue weighted by Gasteiger charge is 2.12. The number of hydrogen-bond acceptors (Lipinski definition) is 3. The third-order valence-electron chi connectivity index (χ3n) is 3.54. The topological polar surface area (TPSA) is 59.8 Å². The maximum absolute atomic E-state index is 13.3. The quantitative estimate of drug-likeness (QED) is 0.709. The summed E-state index contributed by atoms with van der Waals surface area (Å²) >= 11 is 0. The molecule has 0 aliphatic carbocycles. The van der Waals surface area contributed by atoms with Gasteiger partial charge in [0.15, 0.2) is 23.3 Å². The second kappa shape index (κ2) is 7.22. The van der Waals surface area contributed by atoms with Crippen LogP contribution >= 0.6 is 0 Å². The molecule has 0 aliphatic heterocycles. The van der Waals surface area contributed by atoms with Gasteiger partial charge in [-0.05, 0) is 35.9 Å². The van der Waals surface area contributed by atoms with Crippen molar-refractivity contribution in [2.75, 3.05) is 5.32 Å². The minimum atomic E-state index is -1.51. The van der Waals surface area contributed by atoms with E-state index in [0.717, 1.165) is 12.1 Å². The fraction of sp³-hybridized carbons (Fsp3) is 0.0556. The molecule has 0 bridgehead atoms. The Balaban J connectivity index is 1.69. The number of nitrogens with zero attached hydrogens (tertiary/aromatic N) is 3. The summed E-state index contributed by atoms with van der Waals surface area (Å²) in [7, 11) is 0. The van der Waals surface area contributed by atoms with Crippen LogP contribution in [-0.2, 0) is 6.54 Å². The van der Waals surface area contributed by atoms with Gasteiger partial charge in [0, 0.05) is 18.9 Å². The van der Waals surface area contributed by atoms with Crippen LogP contribution in [0.4, 0.5) is 19.0 Å². The number of halogens is 3. The molecule has 1 N–H and O–H groups in total. The Hall–Kier alpha value is -3.42. The van der Waals surface area contributed by atoms with Crippen molar-refractivity contribution in [3.05, 3.63) is 83.8 Å². The number of carbonyl (C=O) groups excluding carboxylic acids is 1. The first kappa shape index (κ1) is 17.4. The number of anilines is 1. The smallest absolute Gasteiger partial charge is 0.258 e. The first-order chi connectivity index (χ1) is 12.5. The van der Waals surface area contributed by atoms with Gasteiger partial charge in [-0.25, -0.2) is 18.2 Å². The van der Waals surface area contributed by atoms with Gasteiger partial charge in [-0.1, -0.05) is 6.58 Å². The number of carbonyl (C=O) groups is 1. The highest BCUT2D eigenvalue weighted by molar-refractivity contribution is 6.03. The van der Waals surface area contributed by atoms with Crippen molar-refractivity contribution in [1.29, 1.82) is 0 Å². The molecule has 8 heteroatoms. The van der Waals surface area contributed by atoms with Crippen LogP contribution in [0, 0.1) is 17.5 Å². The predicted molar refractivity (Wildman–Crippen MR) is 89.9 cm³/mol. The second-order valence-corrected chi connectivity index (χ2v) is 5.43. The van der Waals surface area contributed by atoms with E-state index in [9.17, 15) is 18.0 Å². The summed E-state index contributed by atoms with van der Waals surface area (Å²) in [4.78, 5) is 20.2. The number of pyridine rings is 1. The summed E-state index contributed by atoms with van der Waals surface area (Å²) in [6.07, 6.45) is 5.84. The minimum absolute atomic E-state index is 0.0621. The van der Waals surface area contributed by atoms with E-state index in [0.29, 0.717) is 11.3 Å². The summed E-state index contributed by atoms with van der Waals surface area (Å²) in [5, 5.41) is 2.59. The van der Waals surface area contributed by atoms with Crippen LogP contribution in [0.1, 0.15) is 21.6 Å². The number of aromatic nitrogens is 3. The summed E-state index contributed by atoms with van der Waals surface area (Å²) in [6.45, 7) is 3.64. The zero-order valence-corrected chi connectivity index (χ0v) is 13.4. The number of amides is 1. The Morgan fingerprint density at radius 1 is 1.19 bits per heavy atom. The standard InChI is InChI=1S/C18H13F3N4O/c1-2-13-4-3-12(7-22-13)18(26)24-16-9-25(10-23-16)8-11-5-14(19)17(21)15(20)6-11/h2-7,9-10H,1,8H2,(H,24,26). The molecule has 26 heavy (non-hydrogen) atoms. The Bertz CT molecular complexity index is 944. The molecule has 0 saturated carbocycles. The fourth-order valence-corrected chi connectivity index (χ4v) is 2.27. The molecule has 1 aromatic carbocycles. The van der Waals surface area contributed by atoms with Gasteiger partial charge in [-0.2, -0.15) is 0 Å². The number of hydrogen-bond donors (Lipinski definition) is 1. The Labute approximate surface area is 146 Å². The SMILES string of the molecule is C=Cc1ccc(C(=O)Nc2cn(Cc3cc(F)c(F)c(F)c3)cn2)cn1. The normalized spacial score (nSPS) is 10.6. The zero-order valence-electron chi connectivity index (χ0n) is 13.4. The lowest BCUT2D eigenvalue weighted by Crippen LogP contribution is -2.12. The molecule has 5 nitrogen and oxygen atoms in total. The van der Waals surface area contributed by atoms with Crippen LogP contribution in [0.15, 0.2) is 49.6 Å². The Morgan fingerprint density at radius 2 is 1.92 bits per heavy atom. The predicted octanol–water partition coefficient (Wildman–Crippen LogP) is 3.64. The summed E-state index contributed by atoms with van der Waals surface area (Å²) < 4.78 is 41.0. The van der Waals surface area contributed by atoms with Crippen molar-refractivity contribution in [3.8, 4) is 0 Å². The molecule has 2 heterocycles. The first-order valence-electron chi connectivity index (χ1n) is 7.51. The van der Waals surface area contributed by atoms with Gasteiger partial charge in [-0.15, -0.1) is 0 Å². The molecule has 0 radical (unpaired) electrons. The maximum atomic E-state index is 13.3. The number of nitrogens with one attached hydrogen (secondary N) is 1. The van der Waals surface area contributed by atoms with Gasteiger partial charge in [0.05, 0.1) is 17.6 Å². The van der Waals surface area contributed by atoms with Crippen molar-refractivity contribution in [1.82, 2.24) is 14.5 Å². The van der Waals surface area contributed by atoms with E-state index in [1.807, 2.05) is 0 Å². The first-order valence-corrected chi connectivity index (χ1v) is 7.51. The highest BCUT2D eigenvalue weighted by atomic mass is 19.2. The van der Waals surface area contributed by atoms with Gasteiger partial charge in [0.25, 0.3) is 5.91 Å². The molecule has 0 unspecified atom stereocenters. The molecule has 0 saturated heterocycles. The molecule has 0 aliphatic rings. The van der Waals surface area contributed by atoms with Crippen molar-refractivity contribution in [2.45, 2.75) is 6.54 Å². The number of benzene rings is 1. The molecule has 0 spiro atoms. The molecule has 3 aromatic rings. The Kier molecular flexibility index (Phi) is 4.83. The van der Waals surface area contributed by atoms with Crippen LogP contribution in [0.25, 0.3) is 6.08 Å². The lowest BCUT2D eigenvalue weighted by Gasteiger charge is -2.04. The molecule has 0 atom stereocenters. The van der Waals surface area contributed by atoms with Crippen LogP contribution in [0.3, 0.4) is 0 Å². The van der Waals surface area contributed by atoms with Gasteiger partial charge in [0.1, 0.15) is 0 Å². The summed E-state index contributed by atoms with van der Waals surface area (Å²) in [5.41, 5.74) is 1.21. The lowest BCUT2D eigenvalue weighted by molar-refractivity contribution is 0.102. The van der Waals surface area contributed by atoms with Crippen molar-refractivity contribution in [2.24, 2.45) is 0 Å². The lowest BCUT2D eigenvalue weighted by atomic mass is 10.2. The van der Waals surface area contributed by atoms with Crippen molar-refractivity contribution >= 4 is 17.8 Å². The summed E-state index contributed by atoms with van der Waals surface area (Å²) in [6, 6.07) is 5.06. The number of imidazole rings is 1. The molecule has 2 aromatic heterocycles. The third-order valence-corrected chi connectivity index (χ3v) is 3.54. The average Bonchev–Trinajstić information content (AvgIpc) is 3.06. The van der Waals surface area contributed by atoms with E-state index >= 15 is 0 Å². The molecular formula is C18H13F3N4O. The third kappa shape index (κ3) is 3.80. The average molecular weight is 358 g/mol. The number of rotatable bonds is 5. The van der Waals surface area contributed by atoms with Gasteiger partial charge < -0.3 is 9.88 Å². The zero-order chi connectivity index (χ0) is 18.7. The van der Waals surface area contributed by atoms with Crippen molar-refractivity contribution < 1.29 is 18.0 Å². The molecule has 1 amide bonds. The molecular weight excluding hydrogens is 345 g/mol. The van der Waals surface area contributed by atoms with E-state index in [2.05, 4.69) is 21.9 Å². The van der Waals surface area contributed by atoms with Gasteiger partial charge >= 0.3 is 0 Å². The van der Waals surface area contributed by atoms with Gasteiger partial charge in [0.2, 0.25) is 0 Å². The van der Waals surface area contributed by atoms with Crippen LogP contribution < -0.4 is 5.32 Å². The monoisotopic (exact) mass is 358 g/mol. The van der Waals surface area contributed by atoms with E-state index in [4.69, 9.17) is 0 Å². The molecule has 3 rings (SSSR count). The second-order valence-electron chi connectivity index (χ2n) is 5.43. The maximum Gasteiger partial charge on any atom is 0.258 e. The minimum Gasteiger partial charge on any atom is -0.331 e. The Morgan fingerprint density at radius 3 is 2.54 bits per heavy atom. The van der Waals surface area contributed by atoms with Gasteiger partial charge in [-0.3, -0.25) is 9.78 Å². The highest BCUT2D eigenvalue weighted by Crippen LogP contribution is 2.15. The van der Waals surface area contributed by atoms with E-state index in [-0.39, 0.29) is 17.9 Å². The van der Waals surface area contributed by atoms with Crippen LogP contribution in [-0.4, -0.2) is 20.4 Å². The van der Waals surface area contributed by atoms with E-state index in [1.54, 1.807) is 18.2 Å². The van der Waals surface area contributed by atoms with E-state index < -0.39 is 23.4 Å². The molecule has 132 valence electrons. The summed E-state index contributed by atoms with van der Waals surface area (Å²) in [5.74, 6) is -4.18. The van der Waals surface area contributed by atoms with Crippen molar-refractivity contribution in [3.63, 3.8) is 0 Å². The van der Waals surface area contributed by atoms with E-state index in [1.165, 1.54) is 23.3 Å². The van der Waals surface area contributed by atoms with Crippen LogP contribution in [0.2, 0.25) is 0 Å². The largest absolute Gasteiger partial charge is 0.331 e.